The van der Waals surface area contributed by atoms with Crippen LogP contribution in [0.15, 0.2) is 59.7 Å². The van der Waals surface area contributed by atoms with Crippen LogP contribution in [0.2, 0.25) is 4.34 Å². The van der Waals surface area contributed by atoms with Gasteiger partial charge in [-0.2, -0.15) is 5.10 Å². The molecule has 116 valence electrons. The maximum atomic E-state index is 11.7. The summed E-state index contributed by atoms with van der Waals surface area (Å²) in [5.74, 6) is 0.324. The van der Waals surface area contributed by atoms with Crippen LogP contribution in [0.25, 0.3) is 10.8 Å². The smallest absolute Gasteiger partial charge is 0.277 e. The van der Waals surface area contributed by atoms with Gasteiger partial charge in [0.2, 0.25) is 0 Å². The molecule has 6 heteroatoms. The van der Waals surface area contributed by atoms with Gasteiger partial charge in [-0.15, -0.1) is 11.3 Å². The van der Waals surface area contributed by atoms with Gasteiger partial charge in [-0.1, -0.05) is 41.9 Å². The minimum Gasteiger partial charge on any atom is -0.484 e. The lowest BCUT2D eigenvalue weighted by atomic mass is 10.1. The first-order valence-electron chi connectivity index (χ1n) is 6.89. The summed E-state index contributed by atoms with van der Waals surface area (Å²) in [4.78, 5) is 12.6. The summed E-state index contributed by atoms with van der Waals surface area (Å²) in [6, 6.07) is 17.3. The molecule has 3 aromatic rings. The highest BCUT2D eigenvalue weighted by atomic mass is 35.5. The van der Waals surface area contributed by atoms with Gasteiger partial charge in [0, 0.05) is 4.88 Å². The van der Waals surface area contributed by atoms with Gasteiger partial charge >= 0.3 is 0 Å². The monoisotopic (exact) mass is 344 g/mol. The third kappa shape index (κ3) is 4.31. The van der Waals surface area contributed by atoms with E-state index < -0.39 is 0 Å². The van der Waals surface area contributed by atoms with Crippen LogP contribution < -0.4 is 10.2 Å². The van der Waals surface area contributed by atoms with Gasteiger partial charge < -0.3 is 4.74 Å². The second-order valence-corrected chi connectivity index (χ2v) is 6.48. The van der Waals surface area contributed by atoms with E-state index in [1.807, 2.05) is 48.5 Å². The van der Waals surface area contributed by atoms with Crippen LogP contribution in [-0.2, 0) is 4.79 Å². The normalized spacial score (nSPS) is 11.0. The number of rotatable bonds is 5. The van der Waals surface area contributed by atoms with Crippen molar-refractivity contribution in [2.24, 2.45) is 5.10 Å². The molecule has 0 spiro atoms. The van der Waals surface area contributed by atoms with Gasteiger partial charge in [-0.05, 0) is 35.0 Å². The van der Waals surface area contributed by atoms with Crippen molar-refractivity contribution >= 4 is 45.8 Å². The minimum atomic E-state index is -0.322. The summed E-state index contributed by atoms with van der Waals surface area (Å²) in [6.45, 7) is -0.0964. The first-order valence-corrected chi connectivity index (χ1v) is 8.09. The molecule has 0 saturated heterocycles. The Morgan fingerprint density at radius 2 is 2.00 bits per heavy atom. The molecule has 1 N–H and O–H groups in total. The second kappa shape index (κ2) is 7.26. The molecule has 0 fully saturated rings. The molecule has 3 rings (SSSR count). The lowest BCUT2D eigenvalue weighted by molar-refractivity contribution is -0.123. The van der Waals surface area contributed by atoms with Gasteiger partial charge in [0.25, 0.3) is 5.91 Å². The number of hydrogen-bond acceptors (Lipinski definition) is 4. The molecule has 1 aromatic heterocycles. The zero-order chi connectivity index (χ0) is 16.1. The third-order valence-electron chi connectivity index (χ3n) is 3.07. The molecular formula is C17H13ClN2O2S. The van der Waals surface area contributed by atoms with Crippen molar-refractivity contribution in [3.63, 3.8) is 0 Å². The molecular weight excluding hydrogens is 332 g/mol. The first-order chi connectivity index (χ1) is 11.2. The van der Waals surface area contributed by atoms with E-state index >= 15 is 0 Å². The highest BCUT2D eigenvalue weighted by Crippen LogP contribution is 2.20. The van der Waals surface area contributed by atoms with Crippen LogP contribution in [0.1, 0.15) is 4.88 Å². The Balaban J connectivity index is 1.52. The van der Waals surface area contributed by atoms with Crippen LogP contribution in [0.4, 0.5) is 0 Å². The van der Waals surface area contributed by atoms with E-state index in [2.05, 4.69) is 10.5 Å². The molecule has 23 heavy (non-hydrogen) atoms. The molecule has 0 aliphatic heterocycles. The number of ether oxygens (including phenoxy) is 1. The Bertz CT molecular complexity index is 860. The molecule has 0 aliphatic rings. The predicted molar refractivity (Wildman–Crippen MR) is 94.5 cm³/mol. The Hall–Kier alpha value is -2.37. The van der Waals surface area contributed by atoms with Crippen molar-refractivity contribution in [3.8, 4) is 5.75 Å². The van der Waals surface area contributed by atoms with Gasteiger partial charge in [0.05, 0.1) is 10.6 Å². The van der Waals surface area contributed by atoms with E-state index in [-0.39, 0.29) is 12.5 Å². The average Bonchev–Trinajstić information content (AvgIpc) is 2.98. The number of carbonyl (C=O) groups excluding carboxylic acids is 1. The molecule has 4 nitrogen and oxygen atoms in total. The summed E-state index contributed by atoms with van der Waals surface area (Å²) < 4.78 is 6.16. The van der Waals surface area contributed by atoms with Crippen molar-refractivity contribution < 1.29 is 9.53 Å². The van der Waals surface area contributed by atoms with Crippen LogP contribution in [0.5, 0.6) is 5.75 Å². The summed E-state index contributed by atoms with van der Waals surface area (Å²) in [5.41, 5.74) is 2.42. The molecule has 0 unspecified atom stereocenters. The zero-order valence-electron chi connectivity index (χ0n) is 12.0. The van der Waals surface area contributed by atoms with E-state index in [9.17, 15) is 4.79 Å². The van der Waals surface area contributed by atoms with Crippen LogP contribution in [0.3, 0.4) is 0 Å². The van der Waals surface area contributed by atoms with E-state index in [1.165, 1.54) is 11.3 Å². The number of thiophene rings is 1. The van der Waals surface area contributed by atoms with Crippen LogP contribution in [-0.4, -0.2) is 18.7 Å². The largest absolute Gasteiger partial charge is 0.484 e. The number of hydrazone groups is 1. The molecule has 0 saturated carbocycles. The Morgan fingerprint density at radius 1 is 1.17 bits per heavy atom. The Labute approximate surface area is 142 Å². The van der Waals surface area contributed by atoms with Gasteiger partial charge in [-0.25, -0.2) is 5.43 Å². The maximum Gasteiger partial charge on any atom is 0.277 e. The SMILES string of the molecule is O=C(COc1ccc2ccccc2c1)NN=Cc1ccc(Cl)s1. The fourth-order valence-electron chi connectivity index (χ4n) is 2.00. The lowest BCUT2D eigenvalue weighted by Crippen LogP contribution is -2.24. The van der Waals surface area contributed by atoms with E-state index in [0.29, 0.717) is 10.1 Å². The number of halogens is 1. The summed E-state index contributed by atoms with van der Waals surface area (Å²) in [6.07, 6.45) is 1.55. The lowest BCUT2D eigenvalue weighted by Gasteiger charge is -2.06. The fraction of sp³-hybridized carbons (Fsp3) is 0.0588. The first kappa shape index (κ1) is 15.5. The molecule has 0 bridgehead atoms. The van der Waals surface area contributed by atoms with Gasteiger partial charge in [-0.3, -0.25) is 4.79 Å². The number of nitrogens with zero attached hydrogens (tertiary/aromatic N) is 1. The van der Waals surface area contributed by atoms with Gasteiger partial charge in [0.15, 0.2) is 6.61 Å². The van der Waals surface area contributed by atoms with Gasteiger partial charge in [0.1, 0.15) is 5.75 Å². The minimum absolute atomic E-state index is 0.0964. The van der Waals surface area contributed by atoms with E-state index in [0.717, 1.165) is 15.6 Å². The van der Waals surface area contributed by atoms with Crippen molar-refractivity contribution in [2.45, 2.75) is 0 Å². The Kier molecular flexibility index (Phi) is 4.90. The highest BCUT2D eigenvalue weighted by molar-refractivity contribution is 7.17. The standard InChI is InChI=1S/C17H13ClN2O2S/c18-16-8-7-15(23-16)10-19-20-17(21)11-22-14-6-5-12-3-1-2-4-13(12)9-14/h1-10H,11H2,(H,20,21). The molecule has 0 radical (unpaired) electrons. The topological polar surface area (TPSA) is 50.7 Å². The van der Waals surface area contributed by atoms with E-state index in [4.69, 9.17) is 16.3 Å². The number of hydrogen-bond donors (Lipinski definition) is 1. The molecule has 0 atom stereocenters. The highest BCUT2D eigenvalue weighted by Gasteiger charge is 2.02. The van der Waals surface area contributed by atoms with E-state index in [1.54, 1.807) is 12.3 Å². The second-order valence-electron chi connectivity index (χ2n) is 4.73. The number of carbonyl (C=O) groups is 1. The third-order valence-corrected chi connectivity index (χ3v) is 4.23. The molecule has 2 aromatic carbocycles. The van der Waals surface area contributed by atoms with Crippen molar-refractivity contribution in [3.05, 3.63) is 63.8 Å². The fourth-order valence-corrected chi connectivity index (χ4v) is 2.94. The summed E-state index contributed by atoms with van der Waals surface area (Å²) >= 11 is 7.19. The summed E-state index contributed by atoms with van der Waals surface area (Å²) in [7, 11) is 0. The van der Waals surface area contributed by atoms with Crippen molar-refractivity contribution in [1.29, 1.82) is 0 Å². The average molecular weight is 345 g/mol. The molecule has 1 amide bonds. The van der Waals surface area contributed by atoms with Crippen LogP contribution in [0, 0.1) is 0 Å². The number of fused-ring (bicyclic) bond motifs is 1. The van der Waals surface area contributed by atoms with Crippen molar-refractivity contribution in [1.82, 2.24) is 5.43 Å². The molecule has 1 heterocycles. The number of amides is 1. The predicted octanol–water partition coefficient (Wildman–Crippen LogP) is 4.08. The Morgan fingerprint density at radius 3 is 2.78 bits per heavy atom. The zero-order valence-corrected chi connectivity index (χ0v) is 13.6. The van der Waals surface area contributed by atoms with Crippen LogP contribution >= 0.6 is 22.9 Å². The number of nitrogens with one attached hydrogen (secondary N) is 1. The quantitative estimate of drug-likeness (QED) is 0.560. The summed E-state index contributed by atoms with van der Waals surface area (Å²) in [5, 5.41) is 6.06. The number of benzene rings is 2. The molecule has 0 aliphatic carbocycles. The van der Waals surface area contributed by atoms with Crippen molar-refractivity contribution in [2.75, 3.05) is 6.61 Å². The maximum absolute atomic E-state index is 11.7.